The smallest absolute Gasteiger partial charge is 0.413 e. The predicted molar refractivity (Wildman–Crippen MR) is 156 cm³/mol. The van der Waals surface area contributed by atoms with Crippen LogP contribution in [0, 0.1) is 17.3 Å². The van der Waals surface area contributed by atoms with E-state index in [0.717, 1.165) is 0 Å². The molecule has 1 N–H and O–H groups in total. The fourth-order valence-electron chi connectivity index (χ4n) is 5.39. The molecule has 3 amide bonds. The molecule has 3 aliphatic rings. The monoisotopic (exact) mass is 641 g/mol. The molecule has 0 spiro atoms. The maximum Gasteiger partial charge on any atom is 0.413 e. The summed E-state index contributed by atoms with van der Waals surface area (Å²) in [4.78, 5) is 80.7. The first-order chi connectivity index (χ1) is 20.5. The Morgan fingerprint density at radius 1 is 1.07 bits per heavy atom. The molecule has 6 atom stereocenters. The third kappa shape index (κ3) is 7.48. The Bertz CT molecular complexity index is 1200. The van der Waals surface area contributed by atoms with Crippen molar-refractivity contribution in [3.63, 3.8) is 0 Å². The van der Waals surface area contributed by atoms with Crippen molar-refractivity contribution in [1.82, 2.24) is 14.7 Å². The summed E-state index contributed by atoms with van der Waals surface area (Å²) in [5.41, 5.74) is -0.828. The third-order valence-corrected chi connectivity index (χ3v) is 9.16. The second kappa shape index (κ2) is 14.2. The predicted octanol–water partition coefficient (Wildman–Crippen LogP) is 1.85. The quantitative estimate of drug-likeness (QED) is 0.198. The number of amides is 3. The molecule has 2 fully saturated rings. The maximum atomic E-state index is 13.3. The van der Waals surface area contributed by atoms with E-state index in [1.54, 1.807) is 34.9 Å². The lowest BCUT2D eigenvalue weighted by molar-refractivity contribution is -0.175. The van der Waals surface area contributed by atoms with Crippen LogP contribution in [0.1, 0.15) is 60.8 Å². The molecule has 0 aliphatic carbocycles. The van der Waals surface area contributed by atoms with Gasteiger partial charge in [-0.15, -0.1) is 11.8 Å². The maximum absolute atomic E-state index is 13.3. The highest BCUT2D eigenvalue weighted by Crippen LogP contribution is 2.52. The van der Waals surface area contributed by atoms with E-state index in [2.05, 4.69) is 0 Å². The van der Waals surface area contributed by atoms with Gasteiger partial charge in [-0.25, -0.2) is 9.59 Å². The van der Waals surface area contributed by atoms with Gasteiger partial charge in [0.05, 0.1) is 23.5 Å². The second-order valence-electron chi connectivity index (χ2n) is 12.4. The fraction of sp³-hybridized carbons (Fsp3) is 0.724. The minimum Gasteiger partial charge on any atom is -0.428 e. The minimum absolute atomic E-state index is 0.0134. The van der Waals surface area contributed by atoms with Crippen molar-refractivity contribution < 1.29 is 52.8 Å². The van der Waals surface area contributed by atoms with Crippen LogP contribution in [0.3, 0.4) is 0 Å². The average Bonchev–Trinajstić information content (AvgIpc) is 3.45. The van der Waals surface area contributed by atoms with Gasteiger partial charge in [0.15, 0.2) is 0 Å². The van der Waals surface area contributed by atoms with Gasteiger partial charge < -0.3 is 33.9 Å². The number of rotatable bonds is 11. The molecular weight excluding hydrogens is 598 g/mol. The molecule has 0 aromatic rings. The first-order valence-corrected chi connectivity index (χ1v) is 15.5. The highest BCUT2D eigenvalue weighted by atomic mass is 32.2. The van der Waals surface area contributed by atoms with Gasteiger partial charge in [-0.2, -0.15) is 0 Å². The number of thioether (sulfide) groups is 1. The molecule has 246 valence electrons. The summed E-state index contributed by atoms with van der Waals surface area (Å²) in [5.74, 6) is -3.83. The van der Waals surface area contributed by atoms with E-state index in [-0.39, 0.29) is 36.9 Å². The normalized spacial score (nSPS) is 25.2. The van der Waals surface area contributed by atoms with Crippen molar-refractivity contribution >= 4 is 47.6 Å². The average molecular weight is 642 g/mol. The standard InChI is InChI=1S/C29H43N3O11S/c1-9-10-19(34)40-13-43-28(39)31-12-17(11-18(31)24(35)30(7)8)44-23-15(2)21-20(16(3)33)25(36)32(21)22(23)26(37)41-14-42-27(38)29(4,5)6/h15-18,20-21,33H,9-14H2,1-8H3/t15-,16-,17?,18?,20?,21?/m1/s1. The Morgan fingerprint density at radius 2 is 1.70 bits per heavy atom. The van der Waals surface area contributed by atoms with Crippen LogP contribution in [-0.2, 0) is 42.9 Å². The Hall–Kier alpha value is -3.33. The summed E-state index contributed by atoms with van der Waals surface area (Å²) in [6, 6.07) is -1.38. The van der Waals surface area contributed by atoms with Crippen LogP contribution in [0.2, 0.25) is 0 Å². The van der Waals surface area contributed by atoms with Crippen LogP contribution >= 0.6 is 11.8 Å². The zero-order chi connectivity index (χ0) is 33.1. The number of nitrogens with zero attached hydrogens (tertiary/aromatic N) is 3. The van der Waals surface area contributed by atoms with Gasteiger partial charge in [-0.05, 0) is 40.5 Å². The zero-order valence-electron chi connectivity index (χ0n) is 26.5. The number of β-lactam (4-membered cyclic amide) rings is 1. The summed E-state index contributed by atoms with van der Waals surface area (Å²) in [6.07, 6.45) is -0.822. The van der Waals surface area contributed by atoms with Crippen molar-refractivity contribution in [1.29, 1.82) is 0 Å². The Labute approximate surface area is 261 Å². The fourth-order valence-corrected chi connectivity index (χ4v) is 6.91. The molecule has 14 nitrogen and oxygen atoms in total. The molecule has 4 unspecified atom stereocenters. The number of esters is 3. The Kier molecular flexibility index (Phi) is 11.3. The first-order valence-electron chi connectivity index (χ1n) is 14.6. The van der Waals surface area contributed by atoms with Crippen LogP contribution in [0.15, 0.2) is 10.6 Å². The summed E-state index contributed by atoms with van der Waals surface area (Å²) < 4.78 is 20.4. The lowest BCUT2D eigenvalue weighted by atomic mass is 9.79. The SMILES string of the molecule is CCCC(=O)OCOC(=O)N1CC(SC2=C(C(=O)OCOC(=O)C(C)(C)C)N3C(=O)C([C@@H](C)O)C3[C@H]2C)CC1C(=O)N(C)C. The van der Waals surface area contributed by atoms with E-state index >= 15 is 0 Å². The summed E-state index contributed by atoms with van der Waals surface area (Å²) in [7, 11) is 3.13. The molecule has 44 heavy (non-hydrogen) atoms. The molecule has 3 heterocycles. The number of hydrogen-bond donors (Lipinski definition) is 1. The van der Waals surface area contributed by atoms with Gasteiger partial charge in [0.2, 0.25) is 25.4 Å². The van der Waals surface area contributed by atoms with E-state index < -0.39 is 78.3 Å². The number of carbonyl (C=O) groups is 6. The molecule has 0 aromatic carbocycles. The molecule has 0 saturated carbocycles. The molecule has 0 aromatic heterocycles. The van der Waals surface area contributed by atoms with Gasteiger partial charge in [-0.3, -0.25) is 24.1 Å². The van der Waals surface area contributed by atoms with E-state index in [0.29, 0.717) is 11.3 Å². The molecule has 3 aliphatic heterocycles. The van der Waals surface area contributed by atoms with Crippen molar-refractivity contribution in [3.05, 3.63) is 10.6 Å². The molecule has 2 saturated heterocycles. The second-order valence-corrected chi connectivity index (χ2v) is 13.7. The van der Waals surface area contributed by atoms with Gasteiger partial charge in [0.25, 0.3) is 0 Å². The van der Waals surface area contributed by atoms with Crippen molar-refractivity contribution in [2.24, 2.45) is 17.3 Å². The van der Waals surface area contributed by atoms with Crippen LogP contribution in [0.25, 0.3) is 0 Å². The van der Waals surface area contributed by atoms with Gasteiger partial charge in [0.1, 0.15) is 11.7 Å². The number of ether oxygens (including phenoxy) is 4. The highest BCUT2D eigenvalue weighted by molar-refractivity contribution is 8.03. The number of aliphatic hydroxyl groups excluding tert-OH is 1. The topological polar surface area (TPSA) is 169 Å². The number of hydrogen-bond acceptors (Lipinski definition) is 12. The number of aliphatic hydroxyl groups is 1. The Morgan fingerprint density at radius 3 is 2.27 bits per heavy atom. The zero-order valence-corrected chi connectivity index (χ0v) is 27.3. The van der Waals surface area contributed by atoms with Crippen molar-refractivity contribution in [2.75, 3.05) is 34.2 Å². The number of carbonyl (C=O) groups excluding carboxylic acids is 6. The van der Waals surface area contributed by atoms with Crippen LogP contribution in [0.4, 0.5) is 4.79 Å². The van der Waals surface area contributed by atoms with Crippen molar-refractivity contribution in [2.45, 2.75) is 84.2 Å². The lowest BCUT2D eigenvalue weighted by Gasteiger charge is -2.46. The van der Waals surface area contributed by atoms with Gasteiger partial charge in [-0.1, -0.05) is 13.8 Å². The number of likely N-dealkylation sites (tertiary alicyclic amines) is 1. The summed E-state index contributed by atoms with van der Waals surface area (Å²) in [5, 5.41) is 9.89. The first kappa shape index (κ1) is 35.2. The molecule has 0 bridgehead atoms. The largest absolute Gasteiger partial charge is 0.428 e. The highest BCUT2D eigenvalue weighted by Gasteiger charge is 2.60. The summed E-state index contributed by atoms with van der Waals surface area (Å²) >= 11 is 1.25. The van der Waals surface area contributed by atoms with Crippen LogP contribution in [0.5, 0.6) is 0 Å². The number of likely N-dealkylation sites (N-methyl/N-ethyl adjacent to an activating group) is 1. The van der Waals surface area contributed by atoms with E-state index in [1.165, 1.54) is 33.4 Å². The van der Waals surface area contributed by atoms with Gasteiger partial charge in [0, 0.05) is 43.1 Å². The van der Waals surface area contributed by atoms with E-state index in [1.807, 2.05) is 13.8 Å². The lowest BCUT2D eigenvalue weighted by Crippen LogP contribution is -2.63. The van der Waals surface area contributed by atoms with E-state index in [9.17, 15) is 33.9 Å². The van der Waals surface area contributed by atoms with E-state index in [4.69, 9.17) is 18.9 Å². The molecule has 3 rings (SSSR count). The van der Waals surface area contributed by atoms with Crippen LogP contribution < -0.4 is 0 Å². The summed E-state index contributed by atoms with van der Waals surface area (Å²) in [6.45, 7) is 8.94. The molecule has 0 radical (unpaired) electrons. The van der Waals surface area contributed by atoms with Crippen LogP contribution in [-0.4, -0.2) is 113 Å². The molecular formula is C29H43N3O11S. The van der Waals surface area contributed by atoms with Gasteiger partial charge >= 0.3 is 24.0 Å². The van der Waals surface area contributed by atoms with Crippen molar-refractivity contribution in [3.8, 4) is 0 Å². The minimum atomic E-state index is -0.953. The molecule has 15 heteroatoms. The Balaban J connectivity index is 1.82. The third-order valence-electron chi connectivity index (χ3n) is 7.67. The number of fused-ring (bicyclic) bond motifs is 1.